The van der Waals surface area contributed by atoms with Gasteiger partial charge in [0.2, 0.25) is 0 Å². The van der Waals surface area contributed by atoms with Gasteiger partial charge in [0.05, 0.1) is 11.1 Å². The summed E-state index contributed by atoms with van der Waals surface area (Å²) in [7, 11) is 1.83. The van der Waals surface area contributed by atoms with E-state index in [2.05, 4.69) is 10.6 Å². The van der Waals surface area contributed by atoms with Gasteiger partial charge in [0, 0.05) is 6.54 Å². The summed E-state index contributed by atoms with van der Waals surface area (Å²) in [6, 6.07) is 5.27. The fraction of sp³-hybridized carbons (Fsp3) is 0.200. The Hall–Kier alpha value is -1.68. The number of hydrogen-bond donors (Lipinski definition) is 2. The predicted molar refractivity (Wildman–Crippen MR) is 51.0 cm³/mol. The molecular formula is C10H10N2O2. The molecule has 1 heterocycles. The van der Waals surface area contributed by atoms with E-state index < -0.39 is 0 Å². The molecule has 1 aromatic carbocycles. The molecule has 0 saturated carbocycles. The van der Waals surface area contributed by atoms with Gasteiger partial charge in [-0.05, 0) is 24.7 Å². The van der Waals surface area contributed by atoms with Gasteiger partial charge in [-0.15, -0.1) is 0 Å². The van der Waals surface area contributed by atoms with Crippen LogP contribution in [0.3, 0.4) is 0 Å². The van der Waals surface area contributed by atoms with E-state index in [0.29, 0.717) is 17.7 Å². The van der Waals surface area contributed by atoms with E-state index in [9.17, 15) is 9.59 Å². The Morgan fingerprint density at radius 3 is 2.64 bits per heavy atom. The zero-order chi connectivity index (χ0) is 10.1. The molecule has 2 N–H and O–H groups in total. The fourth-order valence-corrected chi connectivity index (χ4v) is 1.53. The highest BCUT2D eigenvalue weighted by Gasteiger charge is 2.26. The van der Waals surface area contributed by atoms with Crippen LogP contribution in [0.2, 0.25) is 0 Å². The average molecular weight is 190 g/mol. The molecule has 2 rings (SSSR count). The van der Waals surface area contributed by atoms with Crippen molar-refractivity contribution in [1.29, 1.82) is 0 Å². The number of rotatable bonds is 2. The minimum atomic E-state index is -0.305. The molecule has 0 bridgehead atoms. The van der Waals surface area contributed by atoms with Crippen molar-refractivity contribution in [2.75, 3.05) is 7.05 Å². The number of carbonyl (C=O) groups excluding carboxylic acids is 2. The second kappa shape index (κ2) is 3.23. The summed E-state index contributed by atoms with van der Waals surface area (Å²) in [6.07, 6.45) is 0. The number of fused-ring (bicyclic) bond motifs is 1. The summed E-state index contributed by atoms with van der Waals surface area (Å²) in [5, 5.41) is 5.24. The van der Waals surface area contributed by atoms with E-state index in [1.165, 1.54) is 0 Å². The molecule has 4 nitrogen and oxygen atoms in total. The summed E-state index contributed by atoms with van der Waals surface area (Å²) in [5.74, 6) is -0.607. The van der Waals surface area contributed by atoms with Gasteiger partial charge < -0.3 is 5.32 Å². The third-order valence-corrected chi connectivity index (χ3v) is 2.18. The fourth-order valence-electron chi connectivity index (χ4n) is 1.53. The van der Waals surface area contributed by atoms with Crippen molar-refractivity contribution in [3.8, 4) is 0 Å². The van der Waals surface area contributed by atoms with Crippen LogP contribution in [0.15, 0.2) is 18.2 Å². The molecule has 14 heavy (non-hydrogen) atoms. The van der Waals surface area contributed by atoms with Gasteiger partial charge in [-0.25, -0.2) is 0 Å². The highest BCUT2D eigenvalue weighted by Crippen LogP contribution is 2.17. The summed E-state index contributed by atoms with van der Waals surface area (Å²) in [4.78, 5) is 22.5. The largest absolute Gasteiger partial charge is 0.316 e. The van der Waals surface area contributed by atoms with Gasteiger partial charge in [0.1, 0.15) is 0 Å². The molecule has 0 atom stereocenters. The molecule has 0 spiro atoms. The van der Waals surface area contributed by atoms with E-state index in [1.807, 2.05) is 13.1 Å². The standard InChI is InChI=1S/C10H10N2O2/c1-11-5-6-2-3-7-8(4-6)10(14)12-9(7)13/h2-4,11H,5H2,1H3,(H,12,13,14). The molecule has 0 saturated heterocycles. The molecule has 1 aromatic rings. The van der Waals surface area contributed by atoms with Crippen LogP contribution < -0.4 is 10.6 Å². The number of amides is 2. The van der Waals surface area contributed by atoms with Crippen molar-refractivity contribution in [3.63, 3.8) is 0 Å². The van der Waals surface area contributed by atoms with Crippen LogP contribution in [0.25, 0.3) is 0 Å². The zero-order valence-electron chi connectivity index (χ0n) is 7.76. The van der Waals surface area contributed by atoms with Gasteiger partial charge in [0.25, 0.3) is 11.8 Å². The van der Waals surface area contributed by atoms with Crippen molar-refractivity contribution in [1.82, 2.24) is 10.6 Å². The van der Waals surface area contributed by atoms with E-state index in [1.54, 1.807) is 12.1 Å². The van der Waals surface area contributed by atoms with Gasteiger partial charge in [-0.2, -0.15) is 0 Å². The lowest BCUT2D eigenvalue weighted by Crippen LogP contribution is -2.19. The molecule has 1 aliphatic heterocycles. The van der Waals surface area contributed by atoms with Crippen molar-refractivity contribution in [2.45, 2.75) is 6.54 Å². The molecule has 1 aliphatic rings. The highest BCUT2D eigenvalue weighted by atomic mass is 16.2. The van der Waals surface area contributed by atoms with Crippen molar-refractivity contribution in [3.05, 3.63) is 34.9 Å². The molecule has 0 unspecified atom stereocenters. The SMILES string of the molecule is CNCc1ccc2c(c1)C(=O)NC2=O. The Balaban J connectivity index is 2.44. The summed E-state index contributed by atoms with van der Waals surface area (Å²) >= 11 is 0. The van der Waals surface area contributed by atoms with Crippen LogP contribution in [-0.2, 0) is 6.54 Å². The third kappa shape index (κ3) is 1.29. The summed E-state index contributed by atoms with van der Waals surface area (Å²) in [5.41, 5.74) is 1.94. The third-order valence-electron chi connectivity index (χ3n) is 2.18. The Bertz CT molecular complexity index is 413. The maximum atomic E-state index is 11.3. The van der Waals surface area contributed by atoms with Crippen LogP contribution in [0, 0.1) is 0 Å². The highest BCUT2D eigenvalue weighted by molar-refractivity contribution is 6.21. The minimum Gasteiger partial charge on any atom is -0.316 e. The normalized spacial score (nSPS) is 14.1. The number of imide groups is 1. The first-order valence-electron chi connectivity index (χ1n) is 4.35. The van der Waals surface area contributed by atoms with Gasteiger partial charge in [-0.3, -0.25) is 14.9 Å². The lowest BCUT2D eigenvalue weighted by molar-refractivity contribution is 0.0879. The van der Waals surface area contributed by atoms with Crippen molar-refractivity contribution < 1.29 is 9.59 Å². The van der Waals surface area contributed by atoms with E-state index in [-0.39, 0.29) is 11.8 Å². The second-order valence-corrected chi connectivity index (χ2v) is 3.19. The molecule has 0 aromatic heterocycles. The Morgan fingerprint density at radius 2 is 1.93 bits per heavy atom. The van der Waals surface area contributed by atoms with Crippen LogP contribution in [0.4, 0.5) is 0 Å². The zero-order valence-corrected chi connectivity index (χ0v) is 7.76. The molecule has 72 valence electrons. The van der Waals surface area contributed by atoms with E-state index >= 15 is 0 Å². The van der Waals surface area contributed by atoms with Crippen molar-refractivity contribution >= 4 is 11.8 Å². The average Bonchev–Trinajstić information content (AvgIpc) is 2.43. The topological polar surface area (TPSA) is 58.2 Å². The molecule has 0 radical (unpaired) electrons. The first-order chi connectivity index (χ1) is 6.72. The summed E-state index contributed by atoms with van der Waals surface area (Å²) < 4.78 is 0. The van der Waals surface area contributed by atoms with E-state index in [0.717, 1.165) is 5.56 Å². The first kappa shape index (κ1) is 8.90. The van der Waals surface area contributed by atoms with E-state index in [4.69, 9.17) is 0 Å². The molecule has 2 amide bonds. The maximum absolute atomic E-state index is 11.3. The summed E-state index contributed by atoms with van der Waals surface area (Å²) in [6.45, 7) is 0.689. The lowest BCUT2D eigenvalue weighted by atomic mass is 10.1. The van der Waals surface area contributed by atoms with Crippen molar-refractivity contribution in [2.24, 2.45) is 0 Å². The van der Waals surface area contributed by atoms with Gasteiger partial charge in [-0.1, -0.05) is 6.07 Å². The van der Waals surface area contributed by atoms with Gasteiger partial charge in [0.15, 0.2) is 0 Å². The Morgan fingerprint density at radius 1 is 1.21 bits per heavy atom. The van der Waals surface area contributed by atoms with Crippen LogP contribution in [0.1, 0.15) is 26.3 Å². The number of carbonyl (C=O) groups is 2. The number of nitrogens with one attached hydrogen (secondary N) is 2. The minimum absolute atomic E-state index is 0.303. The first-order valence-corrected chi connectivity index (χ1v) is 4.35. The lowest BCUT2D eigenvalue weighted by Gasteiger charge is -2.00. The van der Waals surface area contributed by atoms with Crippen LogP contribution in [0.5, 0.6) is 0 Å². The van der Waals surface area contributed by atoms with Crippen LogP contribution >= 0.6 is 0 Å². The quantitative estimate of drug-likeness (QED) is 0.659. The van der Waals surface area contributed by atoms with Gasteiger partial charge >= 0.3 is 0 Å². The molecule has 0 aliphatic carbocycles. The Kier molecular flexibility index (Phi) is 2.05. The predicted octanol–water partition coefficient (Wildman–Crippen LogP) is 0.290. The molecule has 4 heteroatoms. The molecule has 0 fully saturated rings. The smallest absolute Gasteiger partial charge is 0.258 e. The second-order valence-electron chi connectivity index (χ2n) is 3.19. The monoisotopic (exact) mass is 190 g/mol. The molecular weight excluding hydrogens is 180 g/mol. The van der Waals surface area contributed by atoms with Crippen LogP contribution in [-0.4, -0.2) is 18.9 Å². The number of hydrogen-bond acceptors (Lipinski definition) is 3. The Labute approximate surface area is 81.3 Å². The number of benzene rings is 1. The maximum Gasteiger partial charge on any atom is 0.258 e.